The SMILES string of the molecule is COCCCN1C(=O)C(Nc2ccc(NC(C)=O)cc2)=C(c2ccc(OC(C)C)cc2)C1=O. The highest BCUT2D eigenvalue weighted by molar-refractivity contribution is 6.36. The van der Waals surface area contributed by atoms with E-state index in [1.165, 1.54) is 11.8 Å². The Balaban J connectivity index is 1.92. The van der Waals surface area contributed by atoms with Gasteiger partial charge in [0.05, 0.1) is 11.7 Å². The molecule has 0 unspecified atom stereocenters. The van der Waals surface area contributed by atoms with Gasteiger partial charge in [0, 0.05) is 38.6 Å². The van der Waals surface area contributed by atoms with Crippen LogP contribution >= 0.6 is 0 Å². The van der Waals surface area contributed by atoms with Crippen LogP contribution in [0.4, 0.5) is 11.4 Å². The van der Waals surface area contributed by atoms with Gasteiger partial charge in [0.25, 0.3) is 11.8 Å². The van der Waals surface area contributed by atoms with Gasteiger partial charge in [0.15, 0.2) is 0 Å². The summed E-state index contributed by atoms with van der Waals surface area (Å²) in [6.07, 6.45) is 0.569. The summed E-state index contributed by atoms with van der Waals surface area (Å²) in [5, 5.41) is 5.81. The molecule has 0 aromatic heterocycles. The highest BCUT2D eigenvalue weighted by atomic mass is 16.5. The number of nitrogens with one attached hydrogen (secondary N) is 2. The third-order valence-electron chi connectivity index (χ3n) is 4.89. The third kappa shape index (κ3) is 5.98. The number of hydrogen-bond donors (Lipinski definition) is 2. The van der Waals surface area contributed by atoms with Crippen LogP contribution in [0, 0.1) is 0 Å². The molecule has 0 bridgehead atoms. The van der Waals surface area contributed by atoms with Gasteiger partial charge in [-0.15, -0.1) is 0 Å². The highest BCUT2D eigenvalue weighted by Gasteiger charge is 2.38. The second-order valence-corrected chi connectivity index (χ2v) is 7.93. The zero-order valence-corrected chi connectivity index (χ0v) is 19.3. The van der Waals surface area contributed by atoms with Crippen LogP contribution in [0.3, 0.4) is 0 Å². The summed E-state index contributed by atoms with van der Waals surface area (Å²) in [7, 11) is 1.58. The summed E-state index contributed by atoms with van der Waals surface area (Å²) in [6, 6.07) is 14.0. The van der Waals surface area contributed by atoms with Crippen molar-refractivity contribution in [3.05, 3.63) is 59.8 Å². The minimum Gasteiger partial charge on any atom is -0.491 e. The van der Waals surface area contributed by atoms with Gasteiger partial charge < -0.3 is 20.1 Å². The van der Waals surface area contributed by atoms with Crippen molar-refractivity contribution in [1.29, 1.82) is 0 Å². The van der Waals surface area contributed by atoms with Gasteiger partial charge in [-0.3, -0.25) is 19.3 Å². The fourth-order valence-corrected chi connectivity index (χ4v) is 3.49. The van der Waals surface area contributed by atoms with E-state index in [2.05, 4.69) is 10.6 Å². The average Bonchev–Trinajstić information content (AvgIpc) is 2.99. The van der Waals surface area contributed by atoms with Crippen molar-refractivity contribution >= 4 is 34.7 Å². The molecule has 0 aliphatic carbocycles. The number of nitrogens with zero attached hydrogens (tertiary/aromatic N) is 1. The molecule has 33 heavy (non-hydrogen) atoms. The first-order valence-corrected chi connectivity index (χ1v) is 10.8. The molecule has 2 aromatic carbocycles. The number of hydrogen-bond acceptors (Lipinski definition) is 6. The second kappa shape index (κ2) is 10.8. The first-order chi connectivity index (χ1) is 15.8. The predicted molar refractivity (Wildman–Crippen MR) is 127 cm³/mol. The zero-order chi connectivity index (χ0) is 24.0. The number of methoxy groups -OCH3 is 1. The summed E-state index contributed by atoms with van der Waals surface area (Å²) in [6.45, 7) is 6.01. The first-order valence-electron chi connectivity index (χ1n) is 10.8. The summed E-state index contributed by atoms with van der Waals surface area (Å²) in [5.74, 6) is -0.231. The maximum atomic E-state index is 13.2. The Morgan fingerprint density at radius 2 is 1.61 bits per heavy atom. The Labute approximate surface area is 193 Å². The summed E-state index contributed by atoms with van der Waals surface area (Å²) in [5.41, 5.74) is 2.40. The van der Waals surface area contributed by atoms with E-state index in [1.54, 1.807) is 55.6 Å². The van der Waals surface area contributed by atoms with Gasteiger partial charge in [-0.05, 0) is 62.2 Å². The lowest BCUT2D eigenvalue weighted by atomic mass is 10.0. The van der Waals surface area contributed by atoms with Crippen molar-refractivity contribution in [3.8, 4) is 5.75 Å². The number of rotatable bonds is 10. The van der Waals surface area contributed by atoms with Gasteiger partial charge in [-0.25, -0.2) is 0 Å². The van der Waals surface area contributed by atoms with Crippen molar-refractivity contribution in [3.63, 3.8) is 0 Å². The molecule has 0 spiro atoms. The molecule has 0 atom stereocenters. The average molecular weight is 452 g/mol. The molecular formula is C25H29N3O5. The fraction of sp³-hybridized carbons (Fsp3) is 0.320. The van der Waals surface area contributed by atoms with Gasteiger partial charge >= 0.3 is 0 Å². The minimum absolute atomic E-state index is 0.0266. The van der Waals surface area contributed by atoms with Crippen molar-refractivity contribution in [2.24, 2.45) is 0 Å². The summed E-state index contributed by atoms with van der Waals surface area (Å²) >= 11 is 0. The number of imide groups is 1. The van der Waals surface area contributed by atoms with Gasteiger partial charge in [-0.2, -0.15) is 0 Å². The zero-order valence-electron chi connectivity index (χ0n) is 19.3. The molecule has 2 N–H and O–H groups in total. The molecule has 0 radical (unpaired) electrons. The van der Waals surface area contributed by atoms with Gasteiger partial charge in [-0.1, -0.05) is 12.1 Å². The molecule has 1 aliphatic heterocycles. The lowest BCUT2D eigenvalue weighted by molar-refractivity contribution is -0.137. The van der Waals surface area contributed by atoms with Crippen molar-refractivity contribution in [2.75, 3.05) is 30.9 Å². The number of benzene rings is 2. The Bertz CT molecular complexity index is 1040. The molecule has 8 heteroatoms. The number of carbonyl (C=O) groups excluding carboxylic acids is 3. The smallest absolute Gasteiger partial charge is 0.278 e. The predicted octanol–water partition coefficient (Wildman–Crippen LogP) is 3.66. The third-order valence-corrected chi connectivity index (χ3v) is 4.89. The monoisotopic (exact) mass is 451 g/mol. The molecule has 0 fully saturated rings. The van der Waals surface area contributed by atoms with Crippen LogP contribution < -0.4 is 15.4 Å². The minimum atomic E-state index is -0.389. The summed E-state index contributed by atoms with van der Waals surface area (Å²) in [4.78, 5) is 38.9. The summed E-state index contributed by atoms with van der Waals surface area (Å²) < 4.78 is 10.8. The molecule has 1 heterocycles. The topological polar surface area (TPSA) is 97.0 Å². The van der Waals surface area contributed by atoms with E-state index in [4.69, 9.17) is 9.47 Å². The maximum Gasteiger partial charge on any atom is 0.278 e. The Morgan fingerprint density at radius 1 is 0.970 bits per heavy atom. The van der Waals surface area contributed by atoms with Crippen molar-refractivity contribution in [1.82, 2.24) is 4.90 Å². The number of ether oxygens (including phenoxy) is 2. The molecule has 1 aliphatic rings. The fourth-order valence-electron chi connectivity index (χ4n) is 3.49. The van der Waals surface area contributed by atoms with Crippen LogP contribution in [0.15, 0.2) is 54.2 Å². The van der Waals surface area contributed by atoms with Crippen LogP contribution in [-0.2, 0) is 19.1 Å². The van der Waals surface area contributed by atoms with E-state index in [0.29, 0.717) is 41.3 Å². The maximum absolute atomic E-state index is 13.2. The second-order valence-electron chi connectivity index (χ2n) is 7.93. The lowest BCUT2D eigenvalue weighted by Gasteiger charge is -2.15. The molecule has 3 rings (SSSR count). The Hall–Kier alpha value is -3.65. The molecule has 8 nitrogen and oxygen atoms in total. The van der Waals surface area contributed by atoms with Crippen LogP contribution in [0.5, 0.6) is 5.75 Å². The lowest BCUT2D eigenvalue weighted by Crippen LogP contribution is -2.33. The molecule has 0 saturated heterocycles. The van der Waals surface area contributed by atoms with Gasteiger partial charge in [0.1, 0.15) is 11.4 Å². The van der Waals surface area contributed by atoms with E-state index in [9.17, 15) is 14.4 Å². The largest absolute Gasteiger partial charge is 0.491 e. The molecule has 2 aromatic rings. The molecule has 0 saturated carbocycles. The number of amides is 3. The molecule has 174 valence electrons. The quantitative estimate of drug-likeness (QED) is 0.423. The van der Waals surface area contributed by atoms with E-state index in [1.807, 2.05) is 13.8 Å². The van der Waals surface area contributed by atoms with E-state index in [0.717, 1.165) is 0 Å². The van der Waals surface area contributed by atoms with E-state index in [-0.39, 0.29) is 36.1 Å². The first kappa shape index (κ1) is 24.0. The molecule has 3 amide bonds. The Kier molecular flexibility index (Phi) is 7.84. The van der Waals surface area contributed by atoms with E-state index >= 15 is 0 Å². The van der Waals surface area contributed by atoms with Gasteiger partial charge in [0.2, 0.25) is 5.91 Å². The normalized spacial score (nSPS) is 13.7. The van der Waals surface area contributed by atoms with Crippen LogP contribution in [0.1, 0.15) is 32.8 Å². The number of carbonyl (C=O) groups is 3. The van der Waals surface area contributed by atoms with Crippen LogP contribution in [0.2, 0.25) is 0 Å². The van der Waals surface area contributed by atoms with Crippen molar-refractivity contribution in [2.45, 2.75) is 33.3 Å². The Morgan fingerprint density at radius 3 is 2.18 bits per heavy atom. The number of anilines is 2. The van der Waals surface area contributed by atoms with Crippen molar-refractivity contribution < 1.29 is 23.9 Å². The molecular weight excluding hydrogens is 422 g/mol. The van der Waals surface area contributed by atoms with Crippen LogP contribution in [-0.4, -0.2) is 49.0 Å². The highest BCUT2D eigenvalue weighted by Crippen LogP contribution is 2.32. The van der Waals surface area contributed by atoms with E-state index < -0.39 is 0 Å². The van der Waals surface area contributed by atoms with Crippen LogP contribution in [0.25, 0.3) is 5.57 Å². The standard InChI is InChI=1S/C25H29N3O5/c1-16(2)33-21-12-6-18(7-13-21)22-23(25(31)28(24(22)30)14-5-15-32-4)27-20-10-8-19(9-11-20)26-17(3)29/h6-13,16,27H,5,14-15H2,1-4H3,(H,26,29).